The highest BCUT2D eigenvalue weighted by atomic mass is 14.0. The molecule has 0 aromatic rings. The topological polar surface area (TPSA) is 0 Å². The summed E-state index contributed by atoms with van der Waals surface area (Å²) >= 11 is 0. The second-order valence-corrected chi connectivity index (χ2v) is 3.19. The number of hydrogen-bond donors (Lipinski definition) is 0. The Morgan fingerprint density at radius 1 is 1.45 bits per heavy atom. The second kappa shape index (κ2) is 5.96. The quantitative estimate of drug-likeness (QED) is 0.524. The fourth-order valence-electron chi connectivity index (χ4n) is 0.762. The smallest absolute Gasteiger partial charge is 0.0282 e. The van der Waals surface area contributed by atoms with Crippen LogP contribution in [0.2, 0.25) is 0 Å². The summed E-state index contributed by atoms with van der Waals surface area (Å²) in [5.74, 6) is 0.767. The molecular weight excluding hydrogens is 132 g/mol. The normalized spacial score (nSPS) is 10.8. The van der Waals surface area contributed by atoms with Crippen LogP contribution in [0.3, 0.4) is 0 Å². The zero-order valence-electron chi connectivity index (χ0n) is 7.64. The monoisotopic (exact) mass is 150 g/mol. The van der Waals surface area contributed by atoms with Crippen molar-refractivity contribution in [2.24, 2.45) is 5.92 Å². The third-order valence-corrected chi connectivity index (χ3v) is 1.51. The molecule has 0 atom stereocenters. The van der Waals surface area contributed by atoms with Gasteiger partial charge in [-0.3, -0.25) is 0 Å². The van der Waals surface area contributed by atoms with E-state index in [1.165, 1.54) is 12.0 Å². The lowest BCUT2D eigenvalue weighted by Gasteiger charge is -2.02. The van der Waals surface area contributed by atoms with Gasteiger partial charge in [-0.2, -0.15) is 0 Å². The Morgan fingerprint density at radius 2 is 2.09 bits per heavy atom. The molecule has 0 amide bonds. The van der Waals surface area contributed by atoms with E-state index in [1.807, 2.05) is 12.2 Å². The first-order valence-electron chi connectivity index (χ1n) is 4.13. The van der Waals surface area contributed by atoms with Crippen LogP contribution in [0.4, 0.5) is 0 Å². The van der Waals surface area contributed by atoms with E-state index < -0.39 is 0 Å². The van der Waals surface area contributed by atoms with Gasteiger partial charge >= 0.3 is 0 Å². The van der Waals surface area contributed by atoms with Gasteiger partial charge in [-0.25, -0.2) is 0 Å². The summed E-state index contributed by atoms with van der Waals surface area (Å²) in [7, 11) is 0. The van der Waals surface area contributed by atoms with Crippen molar-refractivity contribution in [2.75, 3.05) is 0 Å². The van der Waals surface area contributed by atoms with Crippen molar-refractivity contribution in [3.63, 3.8) is 0 Å². The number of rotatable bonds is 5. The lowest BCUT2D eigenvalue weighted by molar-refractivity contribution is 0.588. The molecule has 0 rings (SSSR count). The maximum absolute atomic E-state index is 3.93. The van der Waals surface area contributed by atoms with Crippen molar-refractivity contribution in [3.05, 3.63) is 37.0 Å². The first kappa shape index (κ1) is 10.2. The van der Waals surface area contributed by atoms with E-state index in [4.69, 9.17) is 0 Å². The van der Waals surface area contributed by atoms with Gasteiger partial charge in [0.05, 0.1) is 0 Å². The van der Waals surface area contributed by atoms with Gasteiger partial charge in [0.2, 0.25) is 0 Å². The molecule has 0 aliphatic carbocycles. The Labute approximate surface area is 70.3 Å². The molecule has 0 heteroatoms. The predicted octanol–water partition coefficient (Wildman–Crippen LogP) is 3.72. The molecule has 0 aromatic carbocycles. The molecule has 0 heterocycles. The highest BCUT2D eigenvalue weighted by Gasteiger charge is 1.93. The summed E-state index contributed by atoms with van der Waals surface area (Å²) in [6.07, 6.45) is 8.06. The van der Waals surface area contributed by atoms with Crippen LogP contribution in [0.25, 0.3) is 0 Å². The molecular formula is C11H18. The Bertz CT molecular complexity index is 149. The van der Waals surface area contributed by atoms with Gasteiger partial charge in [0, 0.05) is 0 Å². The van der Waals surface area contributed by atoms with Crippen molar-refractivity contribution in [1.82, 2.24) is 0 Å². The van der Waals surface area contributed by atoms with Crippen molar-refractivity contribution in [2.45, 2.75) is 26.7 Å². The second-order valence-electron chi connectivity index (χ2n) is 3.19. The molecule has 0 radical (unpaired) electrons. The van der Waals surface area contributed by atoms with Crippen LogP contribution in [-0.2, 0) is 0 Å². The van der Waals surface area contributed by atoms with Crippen LogP contribution < -0.4 is 0 Å². The molecule has 0 N–H and O–H groups in total. The minimum absolute atomic E-state index is 0.767. The van der Waals surface area contributed by atoms with E-state index >= 15 is 0 Å². The molecule has 0 saturated heterocycles. The third-order valence-electron chi connectivity index (χ3n) is 1.51. The first-order chi connectivity index (χ1) is 5.16. The van der Waals surface area contributed by atoms with Gasteiger partial charge in [-0.1, -0.05) is 50.8 Å². The number of allylic oxidation sites excluding steroid dienone is 4. The molecule has 62 valence electrons. The van der Waals surface area contributed by atoms with E-state index in [2.05, 4.69) is 27.0 Å². The van der Waals surface area contributed by atoms with Gasteiger partial charge in [-0.05, 0) is 18.8 Å². The molecule has 0 spiro atoms. The summed E-state index contributed by atoms with van der Waals surface area (Å²) in [4.78, 5) is 0. The van der Waals surface area contributed by atoms with Crippen LogP contribution in [0.15, 0.2) is 37.0 Å². The highest BCUT2D eigenvalue weighted by molar-refractivity contribution is 5.17. The van der Waals surface area contributed by atoms with Crippen LogP contribution >= 0.6 is 0 Å². The fraction of sp³-hybridized carbons (Fsp3) is 0.455. The van der Waals surface area contributed by atoms with Crippen LogP contribution in [0.5, 0.6) is 0 Å². The minimum atomic E-state index is 0.767. The molecule has 0 nitrogen and oxygen atoms in total. The predicted molar refractivity (Wildman–Crippen MR) is 52.5 cm³/mol. The Balaban J connectivity index is 3.53. The molecule has 0 fully saturated rings. The van der Waals surface area contributed by atoms with Crippen molar-refractivity contribution in [3.8, 4) is 0 Å². The van der Waals surface area contributed by atoms with Gasteiger partial charge < -0.3 is 0 Å². The zero-order valence-corrected chi connectivity index (χ0v) is 7.64. The largest absolute Gasteiger partial charge is 0.0991 e. The maximum Gasteiger partial charge on any atom is -0.0282 e. The van der Waals surface area contributed by atoms with Crippen LogP contribution in [-0.4, -0.2) is 0 Å². The van der Waals surface area contributed by atoms with Crippen molar-refractivity contribution in [1.29, 1.82) is 0 Å². The van der Waals surface area contributed by atoms with E-state index in [0.717, 1.165) is 12.3 Å². The fourth-order valence-corrected chi connectivity index (χ4v) is 0.762. The molecule has 0 saturated carbocycles. The maximum atomic E-state index is 3.93. The SMILES string of the molecule is C=C/C=C\C(=C)CCC(C)C. The molecule has 0 aromatic heterocycles. The first-order valence-corrected chi connectivity index (χ1v) is 4.13. The molecule has 0 bridgehead atoms. The average Bonchev–Trinajstić information content (AvgIpc) is 1.97. The van der Waals surface area contributed by atoms with E-state index in [9.17, 15) is 0 Å². The lowest BCUT2D eigenvalue weighted by Crippen LogP contribution is -1.86. The average molecular weight is 150 g/mol. The lowest BCUT2D eigenvalue weighted by atomic mass is 10.0. The molecule has 0 unspecified atom stereocenters. The third kappa shape index (κ3) is 7.11. The van der Waals surface area contributed by atoms with Gasteiger partial charge in [-0.15, -0.1) is 0 Å². The van der Waals surface area contributed by atoms with E-state index in [-0.39, 0.29) is 0 Å². The standard InChI is InChI=1S/C11H18/c1-5-6-7-11(4)9-8-10(2)3/h5-7,10H,1,4,8-9H2,2-3H3/b7-6-. The Morgan fingerprint density at radius 3 is 2.55 bits per heavy atom. The summed E-state index contributed by atoms with van der Waals surface area (Å²) in [6.45, 7) is 12.0. The summed E-state index contributed by atoms with van der Waals surface area (Å²) in [6, 6.07) is 0. The van der Waals surface area contributed by atoms with E-state index in [1.54, 1.807) is 6.08 Å². The minimum Gasteiger partial charge on any atom is -0.0991 e. The van der Waals surface area contributed by atoms with Crippen LogP contribution in [0.1, 0.15) is 26.7 Å². The van der Waals surface area contributed by atoms with Crippen molar-refractivity contribution < 1.29 is 0 Å². The molecule has 11 heavy (non-hydrogen) atoms. The van der Waals surface area contributed by atoms with Gasteiger partial charge in [0.15, 0.2) is 0 Å². The zero-order chi connectivity index (χ0) is 8.69. The van der Waals surface area contributed by atoms with Gasteiger partial charge in [0.25, 0.3) is 0 Å². The Kier molecular flexibility index (Phi) is 5.54. The van der Waals surface area contributed by atoms with Crippen LogP contribution in [0, 0.1) is 5.92 Å². The summed E-state index contributed by atoms with van der Waals surface area (Å²) in [5.41, 5.74) is 1.19. The highest BCUT2D eigenvalue weighted by Crippen LogP contribution is 2.10. The van der Waals surface area contributed by atoms with E-state index in [0.29, 0.717) is 0 Å². The molecule has 0 aliphatic heterocycles. The summed E-state index contributed by atoms with van der Waals surface area (Å²) in [5, 5.41) is 0. The molecule has 0 aliphatic rings. The van der Waals surface area contributed by atoms with Gasteiger partial charge in [0.1, 0.15) is 0 Å². The van der Waals surface area contributed by atoms with Crippen molar-refractivity contribution >= 4 is 0 Å². The number of hydrogen-bond acceptors (Lipinski definition) is 0. The summed E-state index contributed by atoms with van der Waals surface area (Å²) < 4.78 is 0. The Hall–Kier alpha value is -0.780.